The highest BCUT2D eigenvalue weighted by atomic mass is 16.2. The van der Waals surface area contributed by atoms with Crippen molar-refractivity contribution in [2.24, 2.45) is 0 Å². The van der Waals surface area contributed by atoms with E-state index in [1.807, 2.05) is 12.1 Å². The van der Waals surface area contributed by atoms with Gasteiger partial charge in [0.2, 0.25) is 11.8 Å². The number of fused-ring (bicyclic) bond motifs is 3. The van der Waals surface area contributed by atoms with E-state index in [0.29, 0.717) is 35.8 Å². The van der Waals surface area contributed by atoms with Crippen LogP contribution in [0.5, 0.6) is 0 Å². The average Bonchev–Trinajstić information content (AvgIpc) is 3.15. The second kappa shape index (κ2) is 16.0. The fraction of sp³-hybridized carbons (Fsp3) is 0.316. The van der Waals surface area contributed by atoms with Gasteiger partial charge in [-0.3, -0.25) is 29.0 Å². The third-order valence-electron chi connectivity index (χ3n) is 9.13. The van der Waals surface area contributed by atoms with E-state index in [2.05, 4.69) is 51.0 Å². The van der Waals surface area contributed by atoms with Crippen LogP contribution in [0.2, 0.25) is 0 Å². The second-order valence-corrected chi connectivity index (χ2v) is 13.1. The molecule has 1 aromatic carbocycles. The maximum absolute atomic E-state index is 13.3. The summed E-state index contributed by atoms with van der Waals surface area (Å²) in [6, 6.07) is 20.5. The highest BCUT2D eigenvalue weighted by Gasteiger charge is 2.18. The van der Waals surface area contributed by atoms with Crippen LogP contribution in [0.25, 0.3) is 21.8 Å². The van der Waals surface area contributed by atoms with Crippen molar-refractivity contribution in [3.05, 3.63) is 84.2 Å². The molecule has 0 saturated carbocycles. The lowest BCUT2D eigenvalue weighted by atomic mass is 10.1. The fourth-order valence-corrected chi connectivity index (χ4v) is 6.54. The number of hydrogen-bond acceptors (Lipinski definition) is 10. The third-order valence-corrected chi connectivity index (χ3v) is 9.13. The van der Waals surface area contributed by atoms with Crippen LogP contribution >= 0.6 is 0 Å². The Kier molecular flexibility index (Phi) is 10.6. The van der Waals surface area contributed by atoms with Gasteiger partial charge in [-0.25, -0.2) is 19.9 Å². The largest absolute Gasteiger partial charge is 0.310 e. The molecule has 5 aromatic rings. The van der Waals surface area contributed by atoms with Gasteiger partial charge in [0.25, 0.3) is 11.8 Å². The zero-order chi connectivity index (χ0) is 35.9. The number of aromatic nitrogens is 4. The summed E-state index contributed by atoms with van der Waals surface area (Å²) in [5.74, 6) is -0.0960. The minimum absolute atomic E-state index is 0.126. The third kappa shape index (κ3) is 8.71. The molecule has 2 fully saturated rings. The number of nitrogens with zero attached hydrogens (tertiary/aromatic N) is 6. The van der Waals surface area contributed by atoms with Crippen LogP contribution in [0.3, 0.4) is 0 Å². The van der Waals surface area contributed by atoms with Gasteiger partial charge in [0.15, 0.2) is 0 Å². The van der Waals surface area contributed by atoms with Gasteiger partial charge < -0.3 is 21.3 Å². The number of rotatable bonds is 10. The first-order chi connectivity index (χ1) is 25.4. The van der Waals surface area contributed by atoms with Crippen molar-refractivity contribution in [3.8, 4) is 0 Å². The normalized spacial score (nSPS) is 15.2. The maximum atomic E-state index is 13.3. The minimum Gasteiger partial charge on any atom is -0.310 e. The van der Waals surface area contributed by atoms with E-state index in [-0.39, 0.29) is 34.8 Å². The van der Waals surface area contributed by atoms with Crippen molar-refractivity contribution in [2.45, 2.75) is 38.5 Å². The first-order valence-electron chi connectivity index (χ1n) is 17.7. The molecule has 7 rings (SSSR count). The molecule has 4 N–H and O–H groups in total. The van der Waals surface area contributed by atoms with Crippen molar-refractivity contribution in [2.75, 3.05) is 60.5 Å². The molecule has 2 aliphatic rings. The Morgan fingerprint density at radius 2 is 0.827 bits per heavy atom. The van der Waals surface area contributed by atoms with Gasteiger partial charge in [0, 0.05) is 10.8 Å². The van der Waals surface area contributed by atoms with E-state index in [9.17, 15) is 19.2 Å². The SMILES string of the molecule is O=C(CN1CCCCC1)Nc1cccc(NC(=O)c2ccc3ccc4ccc(C(=O)Nc5cccc(NC(=O)CN6CCCCC6)n5)nc4c3n2)n1. The molecule has 0 radical (unpaired) electrons. The standard InChI is InChI=1S/C38H40N10O4/c49-33(23-47-19-3-1-4-20-47)43-29-9-7-11-31(41-29)45-37(51)27-17-15-25-13-14-26-16-18-28(40-36(26)35(25)39-27)38(52)46-32-12-8-10-30(42-32)44-34(50)24-48-21-5-2-6-22-48/h7-18H,1-6,19-24H2,(H2,41,43,45,49,51)(H2,42,44,46,50,52). The second-order valence-electron chi connectivity index (χ2n) is 13.1. The summed E-state index contributed by atoms with van der Waals surface area (Å²) in [7, 11) is 0. The number of anilines is 4. The molecule has 52 heavy (non-hydrogen) atoms. The Labute approximate surface area is 300 Å². The molecular formula is C38H40N10O4. The molecule has 266 valence electrons. The zero-order valence-electron chi connectivity index (χ0n) is 28.7. The van der Waals surface area contributed by atoms with Gasteiger partial charge >= 0.3 is 0 Å². The predicted molar refractivity (Wildman–Crippen MR) is 199 cm³/mol. The Morgan fingerprint density at radius 1 is 0.462 bits per heavy atom. The number of carbonyl (C=O) groups is 4. The van der Waals surface area contributed by atoms with Gasteiger partial charge in [-0.1, -0.05) is 49.2 Å². The first-order valence-corrected chi connectivity index (χ1v) is 17.7. The van der Waals surface area contributed by atoms with Crippen LogP contribution in [0.1, 0.15) is 59.5 Å². The van der Waals surface area contributed by atoms with Crippen molar-refractivity contribution in [3.63, 3.8) is 0 Å². The minimum atomic E-state index is -0.494. The molecule has 14 heteroatoms. The highest BCUT2D eigenvalue weighted by Crippen LogP contribution is 2.24. The van der Waals surface area contributed by atoms with E-state index in [1.165, 1.54) is 12.8 Å². The molecule has 0 bridgehead atoms. The number of hydrogen-bond donors (Lipinski definition) is 4. The van der Waals surface area contributed by atoms with Crippen LogP contribution in [-0.2, 0) is 9.59 Å². The summed E-state index contributed by atoms with van der Waals surface area (Å²) in [6.07, 6.45) is 6.74. The van der Waals surface area contributed by atoms with Crippen molar-refractivity contribution in [1.29, 1.82) is 0 Å². The molecule has 0 atom stereocenters. The summed E-state index contributed by atoms with van der Waals surface area (Å²) in [5.41, 5.74) is 1.15. The first kappa shape index (κ1) is 34.6. The Morgan fingerprint density at radius 3 is 1.23 bits per heavy atom. The molecule has 0 unspecified atom stereocenters. The van der Waals surface area contributed by atoms with Crippen LogP contribution in [0, 0.1) is 0 Å². The van der Waals surface area contributed by atoms with Crippen molar-refractivity contribution >= 4 is 68.7 Å². The topological polar surface area (TPSA) is 174 Å². The van der Waals surface area contributed by atoms with Crippen LogP contribution in [0.4, 0.5) is 23.3 Å². The van der Waals surface area contributed by atoms with E-state index in [4.69, 9.17) is 0 Å². The van der Waals surface area contributed by atoms with Gasteiger partial charge in [-0.2, -0.15) is 0 Å². The van der Waals surface area contributed by atoms with E-state index in [1.54, 1.807) is 60.7 Å². The van der Waals surface area contributed by atoms with E-state index < -0.39 is 11.8 Å². The van der Waals surface area contributed by atoms with Crippen molar-refractivity contribution < 1.29 is 19.2 Å². The molecule has 4 amide bonds. The number of piperidine rings is 2. The van der Waals surface area contributed by atoms with Crippen LogP contribution in [-0.4, -0.2) is 92.6 Å². The molecule has 6 heterocycles. The molecule has 2 saturated heterocycles. The summed E-state index contributed by atoms with van der Waals surface area (Å²) in [5, 5.41) is 12.6. The molecule has 2 aliphatic heterocycles. The number of pyridine rings is 4. The molecule has 0 aliphatic carbocycles. The fourth-order valence-electron chi connectivity index (χ4n) is 6.54. The summed E-state index contributed by atoms with van der Waals surface area (Å²) < 4.78 is 0. The lowest BCUT2D eigenvalue weighted by molar-refractivity contribution is -0.118. The summed E-state index contributed by atoms with van der Waals surface area (Å²) in [6.45, 7) is 4.22. The Balaban J connectivity index is 1.03. The van der Waals surface area contributed by atoms with Crippen molar-refractivity contribution in [1.82, 2.24) is 29.7 Å². The maximum Gasteiger partial charge on any atom is 0.275 e. The average molecular weight is 701 g/mol. The number of likely N-dealkylation sites (tertiary alicyclic amines) is 2. The molecular weight excluding hydrogens is 660 g/mol. The Bertz CT molecular complexity index is 1980. The summed E-state index contributed by atoms with van der Waals surface area (Å²) in [4.78, 5) is 74.2. The lowest BCUT2D eigenvalue weighted by Gasteiger charge is -2.25. The lowest BCUT2D eigenvalue weighted by Crippen LogP contribution is -2.37. The molecule has 4 aromatic heterocycles. The highest BCUT2D eigenvalue weighted by molar-refractivity contribution is 6.09. The summed E-state index contributed by atoms with van der Waals surface area (Å²) >= 11 is 0. The number of nitrogens with one attached hydrogen (secondary N) is 4. The zero-order valence-corrected chi connectivity index (χ0v) is 28.7. The van der Waals surface area contributed by atoms with Gasteiger partial charge in [0.05, 0.1) is 24.1 Å². The number of carbonyl (C=O) groups excluding carboxylic acids is 4. The van der Waals surface area contributed by atoms with Gasteiger partial charge in [-0.15, -0.1) is 0 Å². The monoisotopic (exact) mass is 700 g/mol. The van der Waals surface area contributed by atoms with Crippen LogP contribution < -0.4 is 21.3 Å². The molecule has 14 nitrogen and oxygen atoms in total. The van der Waals surface area contributed by atoms with Gasteiger partial charge in [0.1, 0.15) is 34.7 Å². The molecule has 0 spiro atoms. The Hall–Kier alpha value is -5.86. The quantitative estimate of drug-likeness (QED) is 0.146. The predicted octanol–water partition coefficient (Wildman–Crippen LogP) is 4.93. The van der Waals surface area contributed by atoms with E-state index in [0.717, 1.165) is 62.6 Å². The smallest absolute Gasteiger partial charge is 0.275 e. The van der Waals surface area contributed by atoms with Crippen LogP contribution in [0.15, 0.2) is 72.8 Å². The number of benzene rings is 1. The number of amides is 4. The van der Waals surface area contributed by atoms with E-state index >= 15 is 0 Å². The van der Waals surface area contributed by atoms with Gasteiger partial charge in [-0.05, 0) is 88.3 Å².